The fourth-order valence-electron chi connectivity index (χ4n) is 3.42. The molecule has 4 rings (SSSR count). The molecule has 1 fully saturated rings. The van der Waals surface area contributed by atoms with Crippen molar-refractivity contribution in [1.29, 1.82) is 0 Å². The van der Waals surface area contributed by atoms with Gasteiger partial charge in [-0.15, -0.1) is 0 Å². The summed E-state index contributed by atoms with van der Waals surface area (Å²) in [5, 5.41) is 24.1. The molecule has 1 unspecified atom stereocenters. The Kier molecular flexibility index (Phi) is 6.10. The highest BCUT2D eigenvalue weighted by Crippen LogP contribution is 2.29. The van der Waals surface area contributed by atoms with Gasteiger partial charge in [-0.2, -0.15) is 5.10 Å². The normalized spacial score (nSPS) is 14.6. The third-order valence-electron chi connectivity index (χ3n) is 5.09. The molecule has 1 aliphatic heterocycles. The fourth-order valence-corrected chi connectivity index (χ4v) is 3.42. The molecule has 1 atom stereocenters. The van der Waals surface area contributed by atoms with Gasteiger partial charge in [0.1, 0.15) is 35.9 Å². The predicted octanol–water partition coefficient (Wildman–Crippen LogP) is -0.00370. The third-order valence-corrected chi connectivity index (χ3v) is 5.09. The van der Waals surface area contributed by atoms with Gasteiger partial charge in [0, 0.05) is 24.7 Å². The van der Waals surface area contributed by atoms with Crippen LogP contribution >= 0.6 is 0 Å². The lowest BCUT2D eigenvalue weighted by molar-refractivity contribution is -0.0273. The molecule has 0 aliphatic carbocycles. The van der Waals surface area contributed by atoms with Crippen LogP contribution < -0.4 is 15.2 Å². The molecule has 0 radical (unpaired) electrons. The fraction of sp³-hybridized carbons (Fsp3) is 0.318. The maximum absolute atomic E-state index is 10.0. The molecule has 164 valence electrons. The highest BCUT2D eigenvalue weighted by molar-refractivity contribution is 5.90. The van der Waals surface area contributed by atoms with E-state index in [1.54, 1.807) is 42.0 Å². The molecule has 0 bridgehead atoms. The summed E-state index contributed by atoms with van der Waals surface area (Å²) in [7, 11) is 3.15. The number of aromatic nitrogens is 4. The van der Waals surface area contributed by atoms with Gasteiger partial charge in [-0.1, -0.05) is 17.8 Å². The number of hydrogen-bond acceptors (Lipinski definition) is 9. The molecule has 0 saturated carbocycles. The number of methoxy groups -OCH3 is 2. The van der Waals surface area contributed by atoms with Crippen LogP contribution in [0.1, 0.15) is 17.3 Å². The van der Waals surface area contributed by atoms with E-state index in [2.05, 4.69) is 38.7 Å². The highest BCUT2D eigenvalue weighted by atomic mass is 16.5. The van der Waals surface area contributed by atoms with Crippen molar-refractivity contribution in [2.24, 2.45) is 0 Å². The first-order valence-corrected chi connectivity index (χ1v) is 9.79. The number of nitrogen functional groups attached to an aromatic ring is 1. The Balaban J connectivity index is 1.66. The lowest BCUT2D eigenvalue weighted by atomic mass is 10.1. The number of ether oxygens (including phenoxy) is 2. The third kappa shape index (κ3) is 4.15. The molecular formula is C22H22N6O4. The topological polar surface area (TPSA) is 132 Å². The number of fused-ring (bicyclic) bond motifs is 1. The van der Waals surface area contributed by atoms with E-state index in [0.29, 0.717) is 52.7 Å². The van der Waals surface area contributed by atoms with Crippen LogP contribution in [0.5, 0.6) is 11.5 Å². The summed E-state index contributed by atoms with van der Waals surface area (Å²) in [5.74, 6) is 12.7. The first-order chi connectivity index (χ1) is 15.5. The molecule has 10 heteroatoms. The van der Waals surface area contributed by atoms with Gasteiger partial charge in [-0.05, 0) is 18.1 Å². The zero-order valence-electron chi connectivity index (χ0n) is 17.6. The summed E-state index contributed by atoms with van der Waals surface area (Å²) >= 11 is 0. The van der Waals surface area contributed by atoms with Gasteiger partial charge in [0.15, 0.2) is 11.9 Å². The number of nitrogens with two attached hydrogens (primary N) is 1. The molecule has 10 nitrogen and oxygen atoms in total. The largest absolute Gasteiger partial charge is 0.497 e. The minimum atomic E-state index is -0.942. The molecule has 32 heavy (non-hydrogen) atoms. The van der Waals surface area contributed by atoms with Gasteiger partial charge >= 0.3 is 0 Å². The summed E-state index contributed by atoms with van der Waals surface area (Å²) in [6.07, 6.45) is 0.445. The average molecular weight is 434 g/mol. The number of likely N-dealkylation sites (tertiary alicyclic amines) is 1. The quantitative estimate of drug-likeness (QED) is 0.485. The lowest BCUT2D eigenvalue weighted by Gasteiger charge is -2.40. The van der Waals surface area contributed by atoms with Crippen molar-refractivity contribution in [2.45, 2.75) is 12.3 Å². The Morgan fingerprint density at radius 3 is 2.53 bits per heavy atom. The van der Waals surface area contributed by atoms with Crippen molar-refractivity contribution in [1.82, 2.24) is 24.6 Å². The van der Waals surface area contributed by atoms with Crippen LogP contribution in [-0.2, 0) is 0 Å². The van der Waals surface area contributed by atoms with Crippen LogP contribution in [0.15, 0.2) is 24.5 Å². The van der Waals surface area contributed by atoms with E-state index in [0.717, 1.165) is 0 Å². The smallest absolute Gasteiger partial charge is 0.171 e. The SMILES string of the molecule is COc1cc(C#Cc2nn(C3CN(C(O)C#CCO)C3)c3ncnc(N)c23)cc(OC)c1. The number of aliphatic hydroxyl groups is 2. The summed E-state index contributed by atoms with van der Waals surface area (Å²) < 4.78 is 12.3. The highest BCUT2D eigenvalue weighted by Gasteiger charge is 2.34. The van der Waals surface area contributed by atoms with E-state index in [1.807, 2.05) is 0 Å². The van der Waals surface area contributed by atoms with Crippen molar-refractivity contribution in [3.63, 3.8) is 0 Å². The number of rotatable bonds is 4. The number of hydrogen-bond donors (Lipinski definition) is 3. The minimum absolute atomic E-state index is 0.0372. The van der Waals surface area contributed by atoms with Crippen LogP contribution in [0.2, 0.25) is 0 Å². The monoisotopic (exact) mass is 434 g/mol. The molecule has 4 N–H and O–H groups in total. The van der Waals surface area contributed by atoms with E-state index in [1.165, 1.54) is 6.33 Å². The zero-order valence-corrected chi connectivity index (χ0v) is 17.6. The van der Waals surface area contributed by atoms with Crippen LogP contribution in [-0.4, -0.2) is 75.0 Å². The van der Waals surface area contributed by atoms with Crippen molar-refractivity contribution in [2.75, 3.05) is 39.6 Å². The second kappa shape index (κ2) is 9.12. The molecule has 2 aromatic heterocycles. The van der Waals surface area contributed by atoms with Crippen molar-refractivity contribution < 1.29 is 19.7 Å². The zero-order chi connectivity index (χ0) is 22.7. The second-order valence-corrected chi connectivity index (χ2v) is 7.06. The molecule has 1 aliphatic rings. The number of nitrogens with zero attached hydrogens (tertiary/aromatic N) is 5. The van der Waals surface area contributed by atoms with Gasteiger partial charge in [0.25, 0.3) is 0 Å². The van der Waals surface area contributed by atoms with Crippen molar-refractivity contribution >= 4 is 16.9 Å². The summed E-state index contributed by atoms with van der Waals surface area (Å²) in [5.41, 5.74) is 7.84. The first kappa shape index (κ1) is 21.4. The second-order valence-electron chi connectivity index (χ2n) is 7.06. The van der Waals surface area contributed by atoms with Crippen LogP contribution in [0.25, 0.3) is 11.0 Å². The molecule has 1 saturated heterocycles. The van der Waals surface area contributed by atoms with Gasteiger partial charge in [0.2, 0.25) is 0 Å². The molecule has 1 aromatic carbocycles. The summed E-state index contributed by atoms with van der Waals surface area (Å²) in [6.45, 7) is 0.735. The van der Waals surface area contributed by atoms with Crippen LogP contribution in [0.3, 0.4) is 0 Å². The van der Waals surface area contributed by atoms with E-state index in [-0.39, 0.29) is 12.6 Å². The summed E-state index contributed by atoms with van der Waals surface area (Å²) in [6, 6.07) is 5.33. The van der Waals surface area contributed by atoms with Gasteiger partial charge < -0.3 is 25.4 Å². The Labute approximate surface area is 184 Å². The Morgan fingerprint density at radius 1 is 1.16 bits per heavy atom. The Hall–Kier alpha value is -3.83. The van der Waals surface area contributed by atoms with E-state index >= 15 is 0 Å². The van der Waals surface area contributed by atoms with Crippen molar-refractivity contribution in [3.8, 4) is 35.2 Å². The van der Waals surface area contributed by atoms with Crippen molar-refractivity contribution in [3.05, 3.63) is 35.8 Å². The predicted molar refractivity (Wildman–Crippen MR) is 117 cm³/mol. The number of anilines is 1. The molecule has 0 amide bonds. The summed E-state index contributed by atoms with van der Waals surface area (Å²) in [4.78, 5) is 10.2. The maximum atomic E-state index is 10.0. The number of aliphatic hydroxyl groups excluding tert-OH is 2. The number of benzene rings is 1. The molecular weight excluding hydrogens is 412 g/mol. The maximum Gasteiger partial charge on any atom is 0.171 e. The Bertz CT molecular complexity index is 1240. The minimum Gasteiger partial charge on any atom is -0.497 e. The molecule has 3 aromatic rings. The molecule has 3 heterocycles. The standard InChI is InChI=1S/C22H22N6O4/c1-31-16-8-14(9-17(10-16)32-2)5-6-18-20-21(23)24-13-25-22(20)28(26-18)15-11-27(12-15)19(30)4-3-7-29/h8-10,13,15,19,29-30H,7,11-12H2,1-2H3,(H2,23,24,25). The molecule has 0 spiro atoms. The van der Waals surface area contributed by atoms with Crippen LogP contribution in [0.4, 0.5) is 5.82 Å². The first-order valence-electron chi connectivity index (χ1n) is 9.79. The Morgan fingerprint density at radius 2 is 1.88 bits per heavy atom. The van der Waals surface area contributed by atoms with E-state index in [9.17, 15) is 5.11 Å². The lowest BCUT2D eigenvalue weighted by Crippen LogP contribution is -2.52. The van der Waals surface area contributed by atoms with Gasteiger partial charge in [-0.25, -0.2) is 14.6 Å². The van der Waals surface area contributed by atoms with E-state index < -0.39 is 6.23 Å². The van der Waals surface area contributed by atoms with Gasteiger partial charge in [-0.3, -0.25) is 4.90 Å². The van der Waals surface area contributed by atoms with Crippen LogP contribution in [0, 0.1) is 23.7 Å². The average Bonchev–Trinajstić information content (AvgIpc) is 3.14. The van der Waals surface area contributed by atoms with E-state index in [4.69, 9.17) is 20.3 Å². The van der Waals surface area contributed by atoms with Gasteiger partial charge in [0.05, 0.1) is 25.6 Å².